The predicted octanol–water partition coefficient (Wildman–Crippen LogP) is 3.13. The lowest BCUT2D eigenvalue weighted by Crippen LogP contribution is -2.12. The highest BCUT2D eigenvalue weighted by Crippen LogP contribution is 2.28. The Morgan fingerprint density at radius 1 is 1.43 bits per heavy atom. The topological polar surface area (TPSA) is 84.2 Å². The molecule has 0 aliphatic carbocycles. The summed E-state index contributed by atoms with van der Waals surface area (Å²) in [5.74, 6) is 1.01. The molecule has 1 aromatic carbocycles. The van der Waals surface area contributed by atoms with Crippen molar-refractivity contribution in [3.8, 4) is 17.6 Å². The van der Waals surface area contributed by atoms with E-state index in [0.717, 1.165) is 10.7 Å². The largest absolute Gasteiger partial charge is 0.493 e. The van der Waals surface area contributed by atoms with E-state index in [0.29, 0.717) is 36.5 Å². The number of carbonyl (C=O) groups is 1. The fourth-order valence-corrected chi connectivity index (χ4v) is 2.59. The lowest BCUT2D eigenvalue weighted by Gasteiger charge is -2.10. The summed E-state index contributed by atoms with van der Waals surface area (Å²) in [5.41, 5.74) is 3.03. The van der Waals surface area contributed by atoms with Crippen molar-refractivity contribution in [1.82, 2.24) is 4.98 Å². The molecular weight excluding hydrogens is 314 g/mol. The molecule has 0 fully saturated rings. The van der Waals surface area contributed by atoms with Crippen LogP contribution in [-0.4, -0.2) is 24.6 Å². The van der Waals surface area contributed by atoms with E-state index in [2.05, 4.69) is 10.3 Å². The summed E-state index contributed by atoms with van der Waals surface area (Å²) >= 11 is 1.41. The van der Waals surface area contributed by atoms with E-state index < -0.39 is 0 Å². The van der Waals surface area contributed by atoms with Gasteiger partial charge in [-0.1, -0.05) is 0 Å². The molecule has 23 heavy (non-hydrogen) atoms. The molecule has 120 valence electrons. The Bertz CT molecular complexity index is 722. The van der Waals surface area contributed by atoms with Gasteiger partial charge in [-0.2, -0.15) is 5.26 Å². The van der Waals surface area contributed by atoms with Gasteiger partial charge in [0.15, 0.2) is 11.5 Å². The number of ether oxygens (including phenoxy) is 2. The van der Waals surface area contributed by atoms with Crippen LogP contribution < -0.4 is 14.8 Å². The fourth-order valence-electron chi connectivity index (χ4n) is 1.88. The highest BCUT2D eigenvalue weighted by Gasteiger charge is 2.08. The van der Waals surface area contributed by atoms with Gasteiger partial charge in [-0.15, -0.1) is 11.3 Å². The zero-order valence-electron chi connectivity index (χ0n) is 13.0. The third kappa shape index (κ3) is 4.69. The standard InChI is InChI=1S/C16H17N3O3S/c1-11-16(23-10-18-11)19-15(20)4-3-7-22-13-6-5-12(9-17)8-14(13)21-2/h5-6,8,10H,3-4,7H2,1-2H3,(H,19,20). The second-order valence-electron chi connectivity index (χ2n) is 4.74. The Balaban J connectivity index is 1.78. The summed E-state index contributed by atoms with van der Waals surface area (Å²) in [4.78, 5) is 15.9. The lowest BCUT2D eigenvalue weighted by molar-refractivity contribution is -0.116. The van der Waals surface area contributed by atoms with Gasteiger partial charge in [0.1, 0.15) is 5.00 Å². The van der Waals surface area contributed by atoms with Crippen molar-refractivity contribution in [3.05, 3.63) is 35.0 Å². The summed E-state index contributed by atoms with van der Waals surface area (Å²) < 4.78 is 10.8. The first-order chi connectivity index (χ1) is 11.1. The van der Waals surface area contributed by atoms with Crippen LogP contribution in [0.2, 0.25) is 0 Å². The molecule has 0 saturated heterocycles. The molecule has 2 rings (SSSR count). The van der Waals surface area contributed by atoms with Gasteiger partial charge in [-0.25, -0.2) is 4.98 Å². The van der Waals surface area contributed by atoms with Crippen LogP contribution in [0.25, 0.3) is 0 Å². The number of anilines is 1. The molecule has 7 heteroatoms. The SMILES string of the molecule is COc1cc(C#N)ccc1OCCCC(=O)Nc1scnc1C. The van der Waals surface area contributed by atoms with E-state index in [1.54, 1.807) is 23.7 Å². The first kappa shape index (κ1) is 16.8. The van der Waals surface area contributed by atoms with Gasteiger partial charge >= 0.3 is 0 Å². The molecule has 0 aliphatic rings. The summed E-state index contributed by atoms with van der Waals surface area (Å²) in [5, 5.41) is 12.5. The zero-order chi connectivity index (χ0) is 16.7. The van der Waals surface area contributed by atoms with Crippen LogP contribution in [-0.2, 0) is 4.79 Å². The molecule has 1 N–H and O–H groups in total. The van der Waals surface area contributed by atoms with Crippen LogP contribution in [0.15, 0.2) is 23.7 Å². The maximum absolute atomic E-state index is 11.8. The maximum atomic E-state index is 11.8. The minimum Gasteiger partial charge on any atom is -0.493 e. The normalized spacial score (nSPS) is 9.96. The highest BCUT2D eigenvalue weighted by molar-refractivity contribution is 7.14. The number of thiazole rings is 1. The molecule has 1 aromatic heterocycles. The van der Waals surface area contributed by atoms with E-state index in [9.17, 15) is 4.79 Å². The number of aryl methyl sites for hydroxylation is 1. The van der Waals surface area contributed by atoms with Crippen molar-refractivity contribution in [3.63, 3.8) is 0 Å². The lowest BCUT2D eigenvalue weighted by atomic mass is 10.2. The number of nitrogens with zero attached hydrogens (tertiary/aromatic N) is 2. The van der Waals surface area contributed by atoms with Crippen molar-refractivity contribution < 1.29 is 14.3 Å². The molecule has 6 nitrogen and oxygen atoms in total. The van der Waals surface area contributed by atoms with E-state index in [4.69, 9.17) is 14.7 Å². The van der Waals surface area contributed by atoms with E-state index in [1.165, 1.54) is 18.4 Å². The molecule has 0 aliphatic heterocycles. The molecule has 0 spiro atoms. The monoisotopic (exact) mass is 331 g/mol. The van der Waals surface area contributed by atoms with Crippen molar-refractivity contribution in [2.24, 2.45) is 0 Å². The van der Waals surface area contributed by atoms with Crippen molar-refractivity contribution in [1.29, 1.82) is 5.26 Å². The van der Waals surface area contributed by atoms with Crippen LogP contribution in [0, 0.1) is 18.3 Å². The number of carbonyl (C=O) groups excluding carboxylic acids is 1. The van der Waals surface area contributed by atoms with Gasteiger partial charge in [0, 0.05) is 12.5 Å². The van der Waals surface area contributed by atoms with Crippen LogP contribution >= 0.6 is 11.3 Å². The van der Waals surface area contributed by atoms with Crippen LogP contribution in [0.4, 0.5) is 5.00 Å². The first-order valence-electron chi connectivity index (χ1n) is 7.05. The minimum atomic E-state index is -0.0623. The van der Waals surface area contributed by atoms with Gasteiger partial charge < -0.3 is 14.8 Å². The van der Waals surface area contributed by atoms with Crippen molar-refractivity contribution >= 4 is 22.2 Å². The third-order valence-electron chi connectivity index (χ3n) is 3.10. The second kappa shape index (κ2) is 8.15. The average Bonchev–Trinajstić information content (AvgIpc) is 2.96. The molecule has 0 atom stereocenters. The van der Waals surface area contributed by atoms with E-state index in [1.807, 2.05) is 13.0 Å². The van der Waals surface area contributed by atoms with Gasteiger partial charge in [0.05, 0.1) is 36.6 Å². The summed E-state index contributed by atoms with van der Waals surface area (Å²) in [6, 6.07) is 7.02. The summed E-state index contributed by atoms with van der Waals surface area (Å²) in [7, 11) is 1.52. The molecule has 0 unspecified atom stereocenters. The number of benzene rings is 1. The summed E-state index contributed by atoms with van der Waals surface area (Å²) in [6.07, 6.45) is 0.933. The Kier molecular flexibility index (Phi) is 5.94. The Labute approximate surface area is 138 Å². The number of methoxy groups -OCH3 is 1. The number of aromatic nitrogens is 1. The molecule has 0 radical (unpaired) electrons. The predicted molar refractivity (Wildman–Crippen MR) is 87.9 cm³/mol. The molecule has 1 amide bonds. The van der Waals surface area contributed by atoms with Crippen LogP contribution in [0.1, 0.15) is 24.1 Å². The van der Waals surface area contributed by atoms with Crippen LogP contribution in [0.3, 0.4) is 0 Å². The maximum Gasteiger partial charge on any atom is 0.225 e. The van der Waals surface area contributed by atoms with Crippen molar-refractivity contribution in [2.75, 3.05) is 19.0 Å². The third-order valence-corrected chi connectivity index (χ3v) is 3.94. The van der Waals surface area contributed by atoms with Crippen molar-refractivity contribution in [2.45, 2.75) is 19.8 Å². The number of rotatable bonds is 7. The van der Waals surface area contributed by atoms with Gasteiger partial charge in [-0.3, -0.25) is 4.79 Å². The number of nitrogens with one attached hydrogen (secondary N) is 1. The molecule has 0 saturated carbocycles. The number of hydrogen-bond acceptors (Lipinski definition) is 6. The molecular formula is C16H17N3O3S. The molecule has 2 aromatic rings. The fraction of sp³-hybridized carbons (Fsp3) is 0.312. The second-order valence-corrected chi connectivity index (χ2v) is 5.60. The Morgan fingerprint density at radius 3 is 2.91 bits per heavy atom. The molecule has 0 bridgehead atoms. The quantitative estimate of drug-likeness (QED) is 0.788. The van der Waals surface area contributed by atoms with Gasteiger partial charge in [0.25, 0.3) is 0 Å². The Hall–Kier alpha value is -2.59. The van der Waals surface area contributed by atoms with E-state index in [-0.39, 0.29) is 5.91 Å². The Morgan fingerprint density at radius 2 is 2.26 bits per heavy atom. The zero-order valence-corrected chi connectivity index (χ0v) is 13.8. The van der Waals surface area contributed by atoms with Gasteiger partial charge in [0.2, 0.25) is 5.91 Å². The minimum absolute atomic E-state index is 0.0623. The van der Waals surface area contributed by atoms with Gasteiger partial charge in [-0.05, 0) is 25.5 Å². The number of nitriles is 1. The average molecular weight is 331 g/mol. The van der Waals surface area contributed by atoms with Crippen LogP contribution in [0.5, 0.6) is 11.5 Å². The first-order valence-corrected chi connectivity index (χ1v) is 7.93. The smallest absolute Gasteiger partial charge is 0.225 e. The summed E-state index contributed by atoms with van der Waals surface area (Å²) in [6.45, 7) is 2.24. The van der Waals surface area contributed by atoms with E-state index >= 15 is 0 Å². The molecule has 1 heterocycles. The highest BCUT2D eigenvalue weighted by atomic mass is 32.1. The number of amides is 1. The number of hydrogen-bond donors (Lipinski definition) is 1.